The summed E-state index contributed by atoms with van der Waals surface area (Å²) < 4.78 is 5.01. The van der Waals surface area contributed by atoms with Crippen LogP contribution in [0.3, 0.4) is 0 Å². The van der Waals surface area contributed by atoms with Crippen LogP contribution in [0, 0.1) is 5.92 Å². The topological polar surface area (TPSA) is 72.0 Å². The standard InChI is InChI=1S/C14H16N2O3S/c1-2-19-11(17)6-8-3-4-9-10(5-8)20-14-12(9)13(18)15-7-16-14/h7-8H,2-6H2,1H3,(H,15,16,18). The smallest absolute Gasteiger partial charge is 0.306 e. The van der Waals surface area contributed by atoms with Gasteiger partial charge in [-0.15, -0.1) is 11.3 Å². The predicted octanol–water partition coefficient (Wildman–Crippen LogP) is 2.04. The molecule has 3 rings (SSSR count). The molecule has 0 fully saturated rings. The Morgan fingerprint density at radius 2 is 2.45 bits per heavy atom. The molecule has 0 aliphatic heterocycles. The fourth-order valence-corrected chi connectivity index (χ4v) is 4.12. The minimum absolute atomic E-state index is 0.0589. The van der Waals surface area contributed by atoms with Gasteiger partial charge in [0.05, 0.1) is 18.3 Å². The third kappa shape index (κ3) is 2.35. The summed E-state index contributed by atoms with van der Waals surface area (Å²) in [5.74, 6) is 0.187. The number of ether oxygens (including phenoxy) is 1. The Morgan fingerprint density at radius 1 is 1.60 bits per heavy atom. The highest BCUT2D eigenvalue weighted by atomic mass is 32.1. The van der Waals surface area contributed by atoms with Crippen molar-refractivity contribution in [2.45, 2.75) is 32.6 Å². The Hall–Kier alpha value is -1.69. The van der Waals surface area contributed by atoms with Crippen molar-refractivity contribution in [3.05, 3.63) is 27.1 Å². The van der Waals surface area contributed by atoms with E-state index >= 15 is 0 Å². The van der Waals surface area contributed by atoms with Gasteiger partial charge in [0.1, 0.15) is 4.83 Å². The molecule has 0 bridgehead atoms. The van der Waals surface area contributed by atoms with Crippen molar-refractivity contribution in [1.82, 2.24) is 9.97 Å². The number of H-pyrrole nitrogens is 1. The number of rotatable bonds is 3. The van der Waals surface area contributed by atoms with Crippen molar-refractivity contribution in [2.75, 3.05) is 6.61 Å². The Bertz CT molecular complexity index is 704. The van der Waals surface area contributed by atoms with Crippen LogP contribution in [-0.4, -0.2) is 22.5 Å². The number of esters is 1. The van der Waals surface area contributed by atoms with Crippen molar-refractivity contribution < 1.29 is 9.53 Å². The minimum Gasteiger partial charge on any atom is -0.466 e. The zero-order chi connectivity index (χ0) is 14.1. The van der Waals surface area contributed by atoms with Gasteiger partial charge in [0.15, 0.2) is 0 Å². The van der Waals surface area contributed by atoms with Gasteiger partial charge in [-0.3, -0.25) is 9.59 Å². The van der Waals surface area contributed by atoms with E-state index in [9.17, 15) is 9.59 Å². The number of carbonyl (C=O) groups excluding carboxylic acids is 1. The first kappa shape index (κ1) is 13.3. The molecule has 0 radical (unpaired) electrons. The molecule has 0 aromatic carbocycles. The lowest BCUT2D eigenvalue weighted by Crippen LogP contribution is -2.18. The first-order valence-electron chi connectivity index (χ1n) is 6.82. The lowest BCUT2D eigenvalue weighted by molar-refractivity contribution is -0.144. The van der Waals surface area contributed by atoms with Gasteiger partial charge in [-0.25, -0.2) is 4.98 Å². The van der Waals surface area contributed by atoms with Crippen LogP contribution in [0.2, 0.25) is 0 Å². The largest absolute Gasteiger partial charge is 0.466 e. The molecule has 1 aliphatic rings. The van der Waals surface area contributed by atoms with Crippen molar-refractivity contribution in [3.8, 4) is 0 Å². The third-order valence-corrected chi connectivity index (χ3v) is 4.88. The highest BCUT2D eigenvalue weighted by Gasteiger charge is 2.26. The number of nitrogens with zero attached hydrogens (tertiary/aromatic N) is 1. The molecule has 1 aliphatic carbocycles. The molecule has 2 aromatic heterocycles. The summed E-state index contributed by atoms with van der Waals surface area (Å²) in [5.41, 5.74) is 1.07. The molecule has 6 heteroatoms. The molecule has 0 saturated carbocycles. The number of aromatic nitrogens is 2. The second-order valence-electron chi connectivity index (χ2n) is 5.03. The maximum Gasteiger partial charge on any atom is 0.306 e. The molecular formula is C14H16N2O3S. The molecule has 5 nitrogen and oxygen atoms in total. The monoisotopic (exact) mass is 292 g/mol. The number of hydrogen-bond acceptors (Lipinski definition) is 5. The molecule has 106 valence electrons. The number of hydrogen-bond donors (Lipinski definition) is 1. The van der Waals surface area contributed by atoms with E-state index in [0.29, 0.717) is 18.9 Å². The molecule has 1 N–H and O–H groups in total. The summed E-state index contributed by atoms with van der Waals surface area (Å²) in [4.78, 5) is 32.3. The Kier molecular flexibility index (Phi) is 3.56. The number of aromatic amines is 1. The zero-order valence-electron chi connectivity index (χ0n) is 11.3. The number of aryl methyl sites for hydroxylation is 1. The SMILES string of the molecule is CCOC(=O)CC1CCc2c(sc3nc[nH]c(=O)c23)C1. The van der Waals surface area contributed by atoms with E-state index in [2.05, 4.69) is 9.97 Å². The van der Waals surface area contributed by atoms with E-state index in [-0.39, 0.29) is 11.5 Å². The molecule has 0 spiro atoms. The maximum atomic E-state index is 11.9. The van der Waals surface area contributed by atoms with Gasteiger partial charge >= 0.3 is 5.97 Å². The van der Waals surface area contributed by atoms with E-state index in [1.807, 2.05) is 6.92 Å². The average molecular weight is 292 g/mol. The molecule has 0 saturated heterocycles. The van der Waals surface area contributed by atoms with Gasteiger partial charge in [0.2, 0.25) is 0 Å². The molecule has 2 aromatic rings. The zero-order valence-corrected chi connectivity index (χ0v) is 12.1. The lowest BCUT2D eigenvalue weighted by atomic mass is 9.86. The molecule has 0 amide bonds. The van der Waals surface area contributed by atoms with Crippen LogP contribution in [0.1, 0.15) is 30.2 Å². The summed E-state index contributed by atoms with van der Waals surface area (Å²) in [6.07, 6.45) is 4.52. The summed E-state index contributed by atoms with van der Waals surface area (Å²) >= 11 is 1.57. The van der Waals surface area contributed by atoms with Crippen molar-refractivity contribution in [3.63, 3.8) is 0 Å². The summed E-state index contributed by atoms with van der Waals surface area (Å²) in [5, 5.41) is 0.738. The number of thiophene rings is 1. The number of fused-ring (bicyclic) bond motifs is 3. The van der Waals surface area contributed by atoms with Gasteiger partial charge in [0, 0.05) is 11.3 Å². The average Bonchev–Trinajstić information content (AvgIpc) is 2.77. The normalized spacial score (nSPS) is 17.9. The quantitative estimate of drug-likeness (QED) is 0.879. The van der Waals surface area contributed by atoms with E-state index in [1.54, 1.807) is 11.3 Å². The Labute approximate surface area is 120 Å². The van der Waals surface area contributed by atoms with Crippen molar-refractivity contribution in [2.24, 2.45) is 5.92 Å². The molecular weight excluding hydrogens is 276 g/mol. The van der Waals surface area contributed by atoms with Gasteiger partial charge in [0.25, 0.3) is 5.56 Å². The number of nitrogens with one attached hydrogen (secondary N) is 1. The van der Waals surface area contributed by atoms with E-state index in [1.165, 1.54) is 11.2 Å². The van der Waals surface area contributed by atoms with Crippen LogP contribution in [0.4, 0.5) is 0 Å². The van der Waals surface area contributed by atoms with Crippen LogP contribution >= 0.6 is 11.3 Å². The Morgan fingerprint density at radius 3 is 3.25 bits per heavy atom. The summed E-state index contributed by atoms with van der Waals surface area (Å²) in [7, 11) is 0. The van der Waals surface area contributed by atoms with E-state index < -0.39 is 0 Å². The summed E-state index contributed by atoms with van der Waals surface area (Å²) in [6.45, 7) is 2.25. The van der Waals surface area contributed by atoms with Crippen LogP contribution in [0.15, 0.2) is 11.1 Å². The highest BCUT2D eigenvalue weighted by molar-refractivity contribution is 7.18. The molecule has 1 unspecified atom stereocenters. The second-order valence-corrected chi connectivity index (χ2v) is 6.12. The van der Waals surface area contributed by atoms with Crippen LogP contribution in [0.25, 0.3) is 10.2 Å². The lowest BCUT2D eigenvalue weighted by Gasteiger charge is -2.21. The highest BCUT2D eigenvalue weighted by Crippen LogP contribution is 2.36. The van der Waals surface area contributed by atoms with Crippen molar-refractivity contribution >= 4 is 27.5 Å². The van der Waals surface area contributed by atoms with E-state index in [0.717, 1.165) is 35.0 Å². The number of carbonyl (C=O) groups is 1. The maximum absolute atomic E-state index is 11.9. The Balaban J connectivity index is 1.85. The third-order valence-electron chi connectivity index (χ3n) is 3.71. The summed E-state index contributed by atoms with van der Waals surface area (Å²) in [6, 6.07) is 0. The second kappa shape index (κ2) is 5.36. The molecule has 20 heavy (non-hydrogen) atoms. The van der Waals surface area contributed by atoms with Crippen LogP contribution in [0.5, 0.6) is 0 Å². The van der Waals surface area contributed by atoms with Gasteiger partial charge in [-0.05, 0) is 37.7 Å². The van der Waals surface area contributed by atoms with Crippen LogP contribution < -0.4 is 5.56 Å². The van der Waals surface area contributed by atoms with Gasteiger partial charge in [-0.1, -0.05) is 0 Å². The fraction of sp³-hybridized carbons (Fsp3) is 0.500. The minimum atomic E-state index is -0.127. The van der Waals surface area contributed by atoms with Gasteiger partial charge < -0.3 is 9.72 Å². The fourth-order valence-electron chi connectivity index (χ4n) is 2.82. The molecule has 1 atom stereocenters. The predicted molar refractivity (Wildman–Crippen MR) is 77.0 cm³/mol. The first-order chi connectivity index (χ1) is 9.69. The van der Waals surface area contributed by atoms with Gasteiger partial charge in [-0.2, -0.15) is 0 Å². The van der Waals surface area contributed by atoms with Crippen molar-refractivity contribution in [1.29, 1.82) is 0 Å². The molecule has 2 heterocycles. The van der Waals surface area contributed by atoms with E-state index in [4.69, 9.17) is 4.74 Å². The first-order valence-corrected chi connectivity index (χ1v) is 7.64. The van der Waals surface area contributed by atoms with Crippen LogP contribution in [-0.2, 0) is 22.4 Å².